The van der Waals surface area contributed by atoms with Gasteiger partial charge in [0.25, 0.3) is 5.91 Å². The summed E-state index contributed by atoms with van der Waals surface area (Å²) in [5.41, 5.74) is 6.05. The highest BCUT2D eigenvalue weighted by Gasteiger charge is 2.11. The molecule has 104 valence electrons. The van der Waals surface area contributed by atoms with Crippen LogP contribution in [0.1, 0.15) is 10.5 Å². The van der Waals surface area contributed by atoms with Crippen molar-refractivity contribution in [1.82, 2.24) is 30.4 Å². The maximum absolute atomic E-state index is 11.9. The maximum atomic E-state index is 11.9. The first-order valence-corrected chi connectivity index (χ1v) is 6.14. The van der Waals surface area contributed by atoms with Gasteiger partial charge < -0.3 is 0 Å². The Hall–Kier alpha value is -3.29. The number of anilines is 1. The molecule has 0 bridgehead atoms. The maximum Gasteiger partial charge on any atom is 0.291 e. The Morgan fingerprint density at radius 3 is 2.57 bits per heavy atom. The molecule has 0 aliphatic heterocycles. The molecule has 2 heterocycles. The zero-order chi connectivity index (χ0) is 14.5. The molecule has 3 rings (SSSR count). The average Bonchev–Trinajstić information content (AvgIpc) is 3.04. The van der Waals surface area contributed by atoms with Crippen molar-refractivity contribution >= 4 is 11.9 Å². The topological polar surface area (TPSA) is 97.6 Å². The summed E-state index contributed by atoms with van der Waals surface area (Å²) in [7, 11) is 0. The summed E-state index contributed by atoms with van der Waals surface area (Å²) < 4.78 is 1.52. The van der Waals surface area contributed by atoms with E-state index in [9.17, 15) is 4.79 Å². The number of carbonyl (C=O) groups excluding carboxylic acids is 1. The van der Waals surface area contributed by atoms with Crippen molar-refractivity contribution in [3.8, 4) is 5.69 Å². The van der Waals surface area contributed by atoms with Gasteiger partial charge in [-0.1, -0.05) is 23.4 Å². The minimum Gasteiger partial charge on any atom is -0.265 e. The zero-order valence-electron chi connectivity index (χ0n) is 10.8. The molecular weight excluding hydrogens is 270 g/mol. The van der Waals surface area contributed by atoms with Crippen molar-refractivity contribution in [3.05, 3.63) is 60.7 Å². The number of rotatable bonds is 4. The normalized spacial score (nSPS) is 10.1. The number of hydrogen-bond donors (Lipinski definition) is 2. The van der Waals surface area contributed by atoms with E-state index in [1.54, 1.807) is 18.5 Å². The van der Waals surface area contributed by atoms with Gasteiger partial charge in [-0.2, -0.15) is 0 Å². The number of hydrazine groups is 1. The fourth-order valence-electron chi connectivity index (χ4n) is 1.62. The van der Waals surface area contributed by atoms with E-state index in [1.165, 1.54) is 10.9 Å². The summed E-state index contributed by atoms with van der Waals surface area (Å²) in [6, 6.07) is 11.1. The number of nitrogens with one attached hydrogen (secondary N) is 2. The van der Waals surface area contributed by atoms with Gasteiger partial charge in [0.1, 0.15) is 0 Å². The molecule has 8 nitrogen and oxygen atoms in total. The van der Waals surface area contributed by atoms with E-state index in [1.807, 2.05) is 30.3 Å². The van der Waals surface area contributed by atoms with Gasteiger partial charge in [0, 0.05) is 12.4 Å². The summed E-state index contributed by atoms with van der Waals surface area (Å²) in [4.78, 5) is 19.8. The smallest absolute Gasteiger partial charge is 0.265 e. The molecule has 0 aliphatic carbocycles. The van der Waals surface area contributed by atoms with Gasteiger partial charge in [-0.15, -0.1) is 5.10 Å². The summed E-state index contributed by atoms with van der Waals surface area (Å²) in [6.45, 7) is 0. The average molecular weight is 281 g/mol. The molecule has 0 aliphatic rings. The van der Waals surface area contributed by atoms with Gasteiger partial charge in [-0.25, -0.2) is 14.6 Å². The highest BCUT2D eigenvalue weighted by Crippen LogP contribution is 2.05. The Balaban J connectivity index is 1.67. The predicted octanol–water partition coefficient (Wildman–Crippen LogP) is 0.814. The van der Waals surface area contributed by atoms with E-state index in [0.717, 1.165) is 5.69 Å². The lowest BCUT2D eigenvalue weighted by molar-refractivity contribution is 0.0957. The van der Waals surface area contributed by atoms with Crippen LogP contribution in [-0.2, 0) is 0 Å². The highest BCUT2D eigenvalue weighted by atomic mass is 16.2. The van der Waals surface area contributed by atoms with Crippen LogP contribution in [0.2, 0.25) is 0 Å². The largest absolute Gasteiger partial charge is 0.291 e. The van der Waals surface area contributed by atoms with Crippen molar-refractivity contribution in [2.75, 3.05) is 5.43 Å². The third-order valence-corrected chi connectivity index (χ3v) is 2.60. The molecular formula is C13H11N7O. The number of para-hydroxylation sites is 1. The van der Waals surface area contributed by atoms with Crippen molar-refractivity contribution < 1.29 is 4.79 Å². The van der Waals surface area contributed by atoms with Gasteiger partial charge in [-0.05, 0) is 18.2 Å². The van der Waals surface area contributed by atoms with Crippen LogP contribution in [0.5, 0.6) is 0 Å². The quantitative estimate of drug-likeness (QED) is 0.687. The van der Waals surface area contributed by atoms with Crippen molar-refractivity contribution in [3.63, 3.8) is 0 Å². The molecule has 0 atom stereocenters. The Bertz CT molecular complexity index is 727. The standard InChI is InChI=1S/C13H11N7O/c21-12(17-18-13-14-7-4-8-15-13)11-9-20(19-16-11)10-5-2-1-3-6-10/h1-9H,(H,17,21)(H,14,15,18). The van der Waals surface area contributed by atoms with E-state index in [-0.39, 0.29) is 5.69 Å². The molecule has 21 heavy (non-hydrogen) atoms. The second-order valence-corrected chi connectivity index (χ2v) is 4.04. The number of hydrogen-bond acceptors (Lipinski definition) is 6. The predicted molar refractivity (Wildman–Crippen MR) is 74.5 cm³/mol. The summed E-state index contributed by atoms with van der Waals surface area (Å²) in [5.74, 6) is -0.133. The lowest BCUT2D eigenvalue weighted by Gasteiger charge is -2.03. The van der Waals surface area contributed by atoms with Crippen molar-refractivity contribution in [2.45, 2.75) is 0 Å². The van der Waals surface area contributed by atoms with Gasteiger partial charge in [0.05, 0.1) is 11.9 Å². The molecule has 0 unspecified atom stereocenters. The minimum absolute atomic E-state index is 0.183. The second kappa shape index (κ2) is 5.78. The molecule has 3 aromatic rings. The molecule has 0 fully saturated rings. The number of aromatic nitrogens is 5. The summed E-state index contributed by atoms with van der Waals surface area (Å²) >= 11 is 0. The Morgan fingerprint density at radius 2 is 1.81 bits per heavy atom. The fourth-order valence-corrected chi connectivity index (χ4v) is 1.62. The zero-order valence-corrected chi connectivity index (χ0v) is 10.8. The Morgan fingerprint density at radius 1 is 1.05 bits per heavy atom. The van der Waals surface area contributed by atoms with Gasteiger partial charge in [-0.3, -0.25) is 15.6 Å². The third-order valence-electron chi connectivity index (χ3n) is 2.60. The summed E-state index contributed by atoms with van der Waals surface area (Å²) in [6.07, 6.45) is 4.67. The fraction of sp³-hybridized carbons (Fsp3) is 0. The molecule has 1 amide bonds. The van der Waals surface area contributed by atoms with Crippen molar-refractivity contribution in [2.24, 2.45) is 0 Å². The minimum atomic E-state index is -0.426. The van der Waals surface area contributed by atoms with E-state index >= 15 is 0 Å². The molecule has 0 saturated heterocycles. The number of amides is 1. The van der Waals surface area contributed by atoms with Gasteiger partial charge in [0.2, 0.25) is 5.95 Å². The van der Waals surface area contributed by atoms with Crippen molar-refractivity contribution in [1.29, 1.82) is 0 Å². The molecule has 0 radical (unpaired) electrons. The monoisotopic (exact) mass is 281 g/mol. The highest BCUT2D eigenvalue weighted by molar-refractivity contribution is 5.92. The van der Waals surface area contributed by atoms with E-state index in [4.69, 9.17) is 0 Å². The van der Waals surface area contributed by atoms with Crippen LogP contribution in [0.25, 0.3) is 5.69 Å². The van der Waals surface area contributed by atoms with Crippen LogP contribution in [0.3, 0.4) is 0 Å². The summed E-state index contributed by atoms with van der Waals surface area (Å²) in [5, 5.41) is 7.73. The lowest BCUT2D eigenvalue weighted by atomic mass is 10.3. The van der Waals surface area contributed by atoms with Crippen LogP contribution in [-0.4, -0.2) is 30.9 Å². The van der Waals surface area contributed by atoms with Crippen LogP contribution < -0.4 is 10.9 Å². The number of benzene rings is 1. The number of nitrogens with zero attached hydrogens (tertiary/aromatic N) is 5. The molecule has 2 aromatic heterocycles. The van der Waals surface area contributed by atoms with Crippen LogP contribution in [0, 0.1) is 0 Å². The molecule has 0 saturated carbocycles. The Labute approximate surface area is 119 Å². The third kappa shape index (κ3) is 3.00. The van der Waals surface area contributed by atoms with Gasteiger partial charge >= 0.3 is 0 Å². The second-order valence-electron chi connectivity index (χ2n) is 4.04. The first kappa shape index (κ1) is 12.7. The van der Waals surface area contributed by atoms with Crippen LogP contribution in [0.4, 0.5) is 5.95 Å². The first-order chi connectivity index (χ1) is 10.3. The molecule has 0 spiro atoms. The Kier molecular flexibility index (Phi) is 3.50. The molecule has 8 heteroatoms. The SMILES string of the molecule is O=C(NNc1ncccn1)c1cn(-c2ccccc2)nn1. The lowest BCUT2D eigenvalue weighted by Crippen LogP contribution is -2.30. The van der Waals surface area contributed by atoms with E-state index in [2.05, 4.69) is 31.1 Å². The van der Waals surface area contributed by atoms with Crippen LogP contribution >= 0.6 is 0 Å². The molecule has 1 aromatic carbocycles. The van der Waals surface area contributed by atoms with E-state index < -0.39 is 5.91 Å². The van der Waals surface area contributed by atoms with Crippen LogP contribution in [0.15, 0.2) is 55.0 Å². The van der Waals surface area contributed by atoms with E-state index in [0.29, 0.717) is 5.95 Å². The first-order valence-electron chi connectivity index (χ1n) is 6.14. The molecule has 2 N–H and O–H groups in total. The van der Waals surface area contributed by atoms with Gasteiger partial charge in [0.15, 0.2) is 5.69 Å². The number of carbonyl (C=O) groups is 1.